The Hall–Kier alpha value is -1.23. The molecule has 21 heavy (non-hydrogen) atoms. The van der Waals surface area contributed by atoms with E-state index in [1.807, 2.05) is 45.0 Å². The molecule has 1 aliphatic rings. The summed E-state index contributed by atoms with van der Waals surface area (Å²) in [5, 5.41) is 3.50. The minimum atomic E-state index is -0.445. The van der Waals surface area contributed by atoms with E-state index in [2.05, 4.69) is 21.2 Å². The number of para-hydroxylation sites is 1. The summed E-state index contributed by atoms with van der Waals surface area (Å²) in [4.78, 5) is 13.9. The van der Waals surface area contributed by atoms with Crippen LogP contribution in [0, 0.1) is 0 Å². The van der Waals surface area contributed by atoms with E-state index in [1.165, 1.54) is 0 Å². The Morgan fingerprint density at radius 3 is 2.76 bits per heavy atom. The van der Waals surface area contributed by atoms with Gasteiger partial charge in [-0.2, -0.15) is 0 Å². The van der Waals surface area contributed by atoms with Crippen LogP contribution in [0.1, 0.15) is 33.6 Å². The maximum Gasteiger partial charge on any atom is 0.410 e. The fourth-order valence-electron chi connectivity index (χ4n) is 2.39. The SMILES string of the molecule is CC(C)(C)OC(=O)N1CCC[C@@H](Nc2ccccc2Br)C1. The zero-order valence-corrected chi connectivity index (χ0v) is 14.4. The maximum absolute atomic E-state index is 12.1. The van der Waals surface area contributed by atoms with Crippen LogP contribution in [0.5, 0.6) is 0 Å². The van der Waals surface area contributed by atoms with Gasteiger partial charge in [-0.15, -0.1) is 0 Å². The van der Waals surface area contributed by atoms with Gasteiger partial charge >= 0.3 is 6.09 Å². The number of carbonyl (C=O) groups excluding carboxylic acids is 1. The quantitative estimate of drug-likeness (QED) is 0.862. The second-order valence-electron chi connectivity index (χ2n) is 6.39. The Labute approximate surface area is 135 Å². The average Bonchev–Trinajstić information content (AvgIpc) is 2.40. The van der Waals surface area contributed by atoms with Crippen molar-refractivity contribution < 1.29 is 9.53 Å². The van der Waals surface area contributed by atoms with Crippen molar-refractivity contribution in [3.05, 3.63) is 28.7 Å². The third-order valence-corrected chi connectivity index (χ3v) is 4.00. The molecular weight excluding hydrogens is 332 g/mol. The zero-order valence-electron chi connectivity index (χ0n) is 12.9. The van der Waals surface area contributed by atoms with Crippen LogP contribution in [0.2, 0.25) is 0 Å². The lowest BCUT2D eigenvalue weighted by molar-refractivity contribution is 0.0206. The van der Waals surface area contributed by atoms with Crippen molar-refractivity contribution in [2.45, 2.75) is 45.3 Å². The van der Waals surface area contributed by atoms with E-state index in [0.29, 0.717) is 6.54 Å². The number of hydrogen-bond acceptors (Lipinski definition) is 3. The Morgan fingerprint density at radius 1 is 1.38 bits per heavy atom. The molecule has 1 aliphatic heterocycles. The summed E-state index contributed by atoms with van der Waals surface area (Å²) in [5.74, 6) is 0. The molecule has 1 heterocycles. The van der Waals surface area contributed by atoms with Crippen molar-refractivity contribution >= 4 is 27.7 Å². The molecule has 0 aliphatic carbocycles. The van der Waals surface area contributed by atoms with Crippen molar-refractivity contribution in [2.75, 3.05) is 18.4 Å². The minimum Gasteiger partial charge on any atom is -0.444 e. The normalized spacial score (nSPS) is 19.2. The average molecular weight is 355 g/mol. The van der Waals surface area contributed by atoms with Crippen molar-refractivity contribution in [2.24, 2.45) is 0 Å². The summed E-state index contributed by atoms with van der Waals surface area (Å²) in [6.45, 7) is 7.13. The molecule has 0 unspecified atom stereocenters. The fraction of sp³-hybridized carbons (Fsp3) is 0.562. The van der Waals surface area contributed by atoms with Gasteiger partial charge in [-0.3, -0.25) is 0 Å². The summed E-state index contributed by atoms with van der Waals surface area (Å²) >= 11 is 3.54. The van der Waals surface area contributed by atoms with Gasteiger partial charge in [-0.25, -0.2) is 4.79 Å². The lowest BCUT2D eigenvalue weighted by Crippen LogP contribution is -2.47. The Kier molecular flexibility index (Phi) is 5.14. The lowest BCUT2D eigenvalue weighted by Gasteiger charge is -2.35. The van der Waals surface area contributed by atoms with Gasteiger partial charge < -0.3 is 15.0 Å². The van der Waals surface area contributed by atoms with Crippen LogP contribution in [0.4, 0.5) is 10.5 Å². The highest BCUT2D eigenvalue weighted by Crippen LogP contribution is 2.24. The number of rotatable bonds is 2. The predicted octanol–water partition coefficient (Wildman–Crippen LogP) is 4.26. The first-order chi connectivity index (χ1) is 9.85. The molecule has 1 fully saturated rings. The van der Waals surface area contributed by atoms with Crippen LogP contribution < -0.4 is 5.32 Å². The first kappa shape index (κ1) is 16.1. The van der Waals surface area contributed by atoms with Gasteiger partial charge in [0.05, 0.1) is 0 Å². The van der Waals surface area contributed by atoms with Crippen molar-refractivity contribution in [1.29, 1.82) is 0 Å². The van der Waals surface area contributed by atoms with Gasteiger partial charge in [0.1, 0.15) is 5.60 Å². The van der Waals surface area contributed by atoms with Crippen molar-refractivity contribution in [1.82, 2.24) is 4.90 Å². The monoisotopic (exact) mass is 354 g/mol. The van der Waals surface area contributed by atoms with Crippen molar-refractivity contribution in [3.8, 4) is 0 Å². The zero-order chi connectivity index (χ0) is 15.5. The van der Waals surface area contributed by atoms with Gasteiger partial charge in [0.15, 0.2) is 0 Å². The van der Waals surface area contributed by atoms with Crippen LogP contribution in [-0.4, -0.2) is 35.7 Å². The number of carbonyl (C=O) groups is 1. The van der Waals surface area contributed by atoms with Crippen LogP contribution in [-0.2, 0) is 4.74 Å². The molecular formula is C16H23BrN2O2. The molecule has 1 amide bonds. The maximum atomic E-state index is 12.1. The van der Waals surface area contributed by atoms with Crippen LogP contribution >= 0.6 is 15.9 Å². The highest BCUT2D eigenvalue weighted by atomic mass is 79.9. The molecule has 0 radical (unpaired) electrons. The number of nitrogens with zero attached hydrogens (tertiary/aromatic N) is 1. The van der Waals surface area contributed by atoms with Gasteiger partial charge in [-0.1, -0.05) is 12.1 Å². The molecule has 116 valence electrons. The van der Waals surface area contributed by atoms with Crippen molar-refractivity contribution in [3.63, 3.8) is 0 Å². The molecule has 5 heteroatoms. The number of anilines is 1. The summed E-state index contributed by atoms with van der Waals surface area (Å²) in [7, 11) is 0. The third kappa shape index (κ3) is 4.92. The first-order valence-corrected chi connectivity index (χ1v) is 8.13. The number of ether oxygens (including phenoxy) is 1. The molecule has 1 atom stereocenters. The van der Waals surface area contributed by atoms with Crippen LogP contribution in [0.15, 0.2) is 28.7 Å². The molecule has 4 nitrogen and oxygen atoms in total. The van der Waals surface area contributed by atoms with E-state index in [9.17, 15) is 4.79 Å². The Balaban J connectivity index is 1.95. The lowest BCUT2D eigenvalue weighted by atomic mass is 10.1. The van der Waals surface area contributed by atoms with E-state index in [-0.39, 0.29) is 12.1 Å². The predicted molar refractivity (Wildman–Crippen MR) is 88.6 cm³/mol. The van der Waals surface area contributed by atoms with E-state index >= 15 is 0 Å². The van der Waals surface area contributed by atoms with E-state index in [0.717, 1.165) is 29.5 Å². The molecule has 0 saturated carbocycles. The van der Waals surface area contributed by atoms with E-state index < -0.39 is 5.60 Å². The Bertz CT molecular complexity index is 499. The molecule has 1 saturated heterocycles. The standard InChI is InChI=1S/C16H23BrN2O2/c1-16(2,3)21-15(20)19-10-6-7-12(11-19)18-14-9-5-4-8-13(14)17/h4-5,8-9,12,18H,6-7,10-11H2,1-3H3/t12-/m1/s1. The molecule has 0 aromatic heterocycles. The molecule has 1 N–H and O–H groups in total. The molecule has 0 bridgehead atoms. The van der Waals surface area contributed by atoms with Gasteiger partial charge in [0.2, 0.25) is 0 Å². The highest BCUT2D eigenvalue weighted by molar-refractivity contribution is 9.10. The molecule has 1 aromatic carbocycles. The third-order valence-electron chi connectivity index (χ3n) is 3.31. The van der Waals surface area contributed by atoms with Crippen LogP contribution in [0.3, 0.4) is 0 Å². The number of amides is 1. The number of hydrogen-bond donors (Lipinski definition) is 1. The number of nitrogens with one attached hydrogen (secondary N) is 1. The highest BCUT2D eigenvalue weighted by Gasteiger charge is 2.27. The summed E-state index contributed by atoms with van der Waals surface area (Å²) in [6.07, 6.45) is 1.82. The summed E-state index contributed by atoms with van der Waals surface area (Å²) in [6, 6.07) is 8.29. The molecule has 0 spiro atoms. The smallest absolute Gasteiger partial charge is 0.410 e. The molecule has 1 aromatic rings. The molecule has 2 rings (SSSR count). The number of benzene rings is 1. The second-order valence-corrected chi connectivity index (χ2v) is 7.24. The topological polar surface area (TPSA) is 41.6 Å². The minimum absolute atomic E-state index is 0.221. The fourth-order valence-corrected chi connectivity index (χ4v) is 2.78. The second kappa shape index (κ2) is 6.69. The van der Waals surface area contributed by atoms with Gasteiger partial charge in [0, 0.05) is 29.3 Å². The van der Waals surface area contributed by atoms with Gasteiger partial charge in [-0.05, 0) is 61.7 Å². The van der Waals surface area contributed by atoms with E-state index in [4.69, 9.17) is 4.74 Å². The first-order valence-electron chi connectivity index (χ1n) is 7.34. The largest absolute Gasteiger partial charge is 0.444 e. The number of likely N-dealkylation sites (tertiary alicyclic amines) is 1. The Morgan fingerprint density at radius 2 is 2.10 bits per heavy atom. The number of halogens is 1. The summed E-state index contributed by atoms with van der Waals surface area (Å²) in [5.41, 5.74) is 0.619. The van der Waals surface area contributed by atoms with Crippen LogP contribution in [0.25, 0.3) is 0 Å². The summed E-state index contributed by atoms with van der Waals surface area (Å²) < 4.78 is 6.49. The number of piperidine rings is 1. The van der Waals surface area contributed by atoms with Gasteiger partial charge in [0.25, 0.3) is 0 Å². The van der Waals surface area contributed by atoms with E-state index in [1.54, 1.807) is 4.90 Å².